The SMILES string of the molecule is CC(C)N[C@@H]1CCCC[C@H]1N(C)C. The predicted octanol–water partition coefficient (Wildman–Crippen LogP) is 1.86. The Morgan fingerprint density at radius 3 is 2.31 bits per heavy atom. The molecule has 0 unspecified atom stereocenters. The van der Waals surface area contributed by atoms with E-state index in [0.29, 0.717) is 12.1 Å². The number of rotatable bonds is 3. The Kier molecular flexibility index (Phi) is 4.20. The Balaban J connectivity index is 2.46. The van der Waals surface area contributed by atoms with Crippen molar-refractivity contribution >= 4 is 0 Å². The average molecular weight is 184 g/mol. The molecule has 1 fully saturated rings. The largest absolute Gasteiger partial charge is 0.310 e. The molecule has 1 N–H and O–H groups in total. The van der Waals surface area contributed by atoms with Crippen LogP contribution >= 0.6 is 0 Å². The molecule has 78 valence electrons. The van der Waals surface area contributed by atoms with E-state index < -0.39 is 0 Å². The second-order valence-corrected chi connectivity index (χ2v) is 4.74. The molecule has 0 bridgehead atoms. The van der Waals surface area contributed by atoms with Gasteiger partial charge in [-0.1, -0.05) is 26.7 Å². The topological polar surface area (TPSA) is 15.3 Å². The highest BCUT2D eigenvalue weighted by Crippen LogP contribution is 2.21. The van der Waals surface area contributed by atoms with Gasteiger partial charge in [0.05, 0.1) is 0 Å². The zero-order chi connectivity index (χ0) is 9.84. The molecule has 2 atom stereocenters. The van der Waals surface area contributed by atoms with Crippen molar-refractivity contribution in [3.8, 4) is 0 Å². The quantitative estimate of drug-likeness (QED) is 0.720. The molecule has 1 aliphatic carbocycles. The van der Waals surface area contributed by atoms with E-state index >= 15 is 0 Å². The van der Waals surface area contributed by atoms with Crippen molar-refractivity contribution in [1.29, 1.82) is 0 Å². The van der Waals surface area contributed by atoms with E-state index in [9.17, 15) is 0 Å². The Morgan fingerprint density at radius 2 is 1.77 bits per heavy atom. The number of nitrogens with one attached hydrogen (secondary N) is 1. The van der Waals surface area contributed by atoms with Gasteiger partial charge in [0.1, 0.15) is 0 Å². The van der Waals surface area contributed by atoms with Gasteiger partial charge in [-0.2, -0.15) is 0 Å². The summed E-state index contributed by atoms with van der Waals surface area (Å²) < 4.78 is 0. The molecule has 0 aliphatic heterocycles. The van der Waals surface area contributed by atoms with E-state index in [1.54, 1.807) is 0 Å². The Morgan fingerprint density at radius 1 is 1.15 bits per heavy atom. The van der Waals surface area contributed by atoms with Gasteiger partial charge in [0.25, 0.3) is 0 Å². The molecule has 1 aliphatic rings. The monoisotopic (exact) mass is 184 g/mol. The molecule has 2 heteroatoms. The first-order valence-corrected chi connectivity index (χ1v) is 5.53. The average Bonchev–Trinajstić information content (AvgIpc) is 2.03. The van der Waals surface area contributed by atoms with E-state index in [4.69, 9.17) is 0 Å². The summed E-state index contributed by atoms with van der Waals surface area (Å²) in [5.74, 6) is 0. The van der Waals surface area contributed by atoms with Crippen LogP contribution in [0.25, 0.3) is 0 Å². The van der Waals surface area contributed by atoms with Crippen LogP contribution < -0.4 is 5.32 Å². The van der Waals surface area contributed by atoms with Crippen LogP contribution in [0.5, 0.6) is 0 Å². The fourth-order valence-corrected chi connectivity index (χ4v) is 2.35. The molecule has 0 saturated heterocycles. The minimum Gasteiger partial charge on any atom is -0.310 e. The molecular formula is C11H24N2. The van der Waals surface area contributed by atoms with Crippen LogP contribution in [0.4, 0.5) is 0 Å². The predicted molar refractivity (Wildman–Crippen MR) is 58.0 cm³/mol. The number of likely N-dealkylation sites (N-methyl/N-ethyl adjacent to an activating group) is 1. The molecule has 13 heavy (non-hydrogen) atoms. The smallest absolute Gasteiger partial charge is 0.0243 e. The Hall–Kier alpha value is -0.0800. The Bertz CT molecular complexity index is 143. The summed E-state index contributed by atoms with van der Waals surface area (Å²) in [5, 5.41) is 3.67. The zero-order valence-corrected chi connectivity index (χ0v) is 9.51. The van der Waals surface area contributed by atoms with Gasteiger partial charge in [-0.25, -0.2) is 0 Å². The summed E-state index contributed by atoms with van der Waals surface area (Å²) >= 11 is 0. The lowest BCUT2D eigenvalue weighted by Gasteiger charge is -2.37. The molecule has 0 aromatic rings. The molecular weight excluding hydrogens is 160 g/mol. The van der Waals surface area contributed by atoms with Crippen molar-refractivity contribution in [1.82, 2.24) is 10.2 Å². The highest BCUT2D eigenvalue weighted by molar-refractivity contribution is 4.86. The van der Waals surface area contributed by atoms with E-state index in [2.05, 4.69) is 38.2 Å². The maximum atomic E-state index is 3.67. The summed E-state index contributed by atoms with van der Waals surface area (Å²) in [6.07, 6.45) is 5.51. The van der Waals surface area contributed by atoms with E-state index in [1.807, 2.05) is 0 Å². The van der Waals surface area contributed by atoms with Gasteiger partial charge in [-0.05, 0) is 26.9 Å². The van der Waals surface area contributed by atoms with Gasteiger partial charge in [0.15, 0.2) is 0 Å². The Labute approximate surface area is 82.7 Å². The molecule has 1 saturated carbocycles. The first-order chi connectivity index (χ1) is 6.11. The summed E-state index contributed by atoms with van der Waals surface area (Å²) in [7, 11) is 4.40. The second-order valence-electron chi connectivity index (χ2n) is 4.74. The number of hydrogen-bond donors (Lipinski definition) is 1. The second kappa shape index (κ2) is 4.97. The summed E-state index contributed by atoms with van der Waals surface area (Å²) in [4.78, 5) is 2.37. The number of hydrogen-bond acceptors (Lipinski definition) is 2. The van der Waals surface area contributed by atoms with Crippen LogP contribution in [0, 0.1) is 0 Å². The first-order valence-electron chi connectivity index (χ1n) is 5.53. The molecule has 0 heterocycles. The third kappa shape index (κ3) is 3.28. The fraction of sp³-hybridized carbons (Fsp3) is 1.00. The maximum Gasteiger partial charge on any atom is 0.0243 e. The lowest BCUT2D eigenvalue weighted by Crippen LogP contribution is -2.51. The molecule has 2 nitrogen and oxygen atoms in total. The van der Waals surface area contributed by atoms with Crippen molar-refractivity contribution in [2.75, 3.05) is 14.1 Å². The van der Waals surface area contributed by atoms with Crippen LogP contribution in [-0.4, -0.2) is 37.1 Å². The lowest BCUT2D eigenvalue weighted by molar-refractivity contribution is 0.170. The van der Waals surface area contributed by atoms with Crippen molar-refractivity contribution in [3.05, 3.63) is 0 Å². The first kappa shape index (κ1) is 11.0. The third-order valence-corrected chi connectivity index (χ3v) is 2.94. The fourth-order valence-electron chi connectivity index (χ4n) is 2.35. The zero-order valence-electron chi connectivity index (χ0n) is 9.51. The maximum absolute atomic E-state index is 3.67. The summed E-state index contributed by atoms with van der Waals surface area (Å²) in [6, 6.07) is 2.07. The molecule has 0 spiro atoms. The molecule has 0 aromatic heterocycles. The third-order valence-electron chi connectivity index (χ3n) is 2.94. The van der Waals surface area contributed by atoms with Gasteiger partial charge in [-0.15, -0.1) is 0 Å². The van der Waals surface area contributed by atoms with Gasteiger partial charge >= 0.3 is 0 Å². The molecule has 1 rings (SSSR count). The lowest BCUT2D eigenvalue weighted by atomic mass is 9.89. The highest BCUT2D eigenvalue weighted by Gasteiger charge is 2.26. The van der Waals surface area contributed by atoms with Gasteiger partial charge < -0.3 is 10.2 Å². The van der Waals surface area contributed by atoms with Crippen LogP contribution in [0.15, 0.2) is 0 Å². The van der Waals surface area contributed by atoms with Crippen molar-refractivity contribution in [3.63, 3.8) is 0 Å². The van der Waals surface area contributed by atoms with Crippen molar-refractivity contribution < 1.29 is 0 Å². The standard InChI is InChI=1S/C11H24N2/c1-9(2)12-10-7-5-6-8-11(10)13(3)4/h9-12H,5-8H2,1-4H3/t10-,11-/m1/s1. The minimum atomic E-state index is 0.616. The van der Waals surface area contributed by atoms with Crippen LogP contribution in [0.1, 0.15) is 39.5 Å². The van der Waals surface area contributed by atoms with Gasteiger partial charge in [0, 0.05) is 18.1 Å². The summed E-state index contributed by atoms with van der Waals surface area (Å²) in [5.41, 5.74) is 0. The summed E-state index contributed by atoms with van der Waals surface area (Å²) in [6.45, 7) is 4.47. The van der Waals surface area contributed by atoms with Crippen LogP contribution in [-0.2, 0) is 0 Å². The molecule has 0 radical (unpaired) electrons. The van der Waals surface area contributed by atoms with E-state index in [1.165, 1.54) is 25.7 Å². The van der Waals surface area contributed by atoms with E-state index in [-0.39, 0.29) is 0 Å². The van der Waals surface area contributed by atoms with Gasteiger partial charge in [0.2, 0.25) is 0 Å². The van der Waals surface area contributed by atoms with Crippen LogP contribution in [0.2, 0.25) is 0 Å². The normalized spacial score (nSPS) is 30.0. The van der Waals surface area contributed by atoms with Gasteiger partial charge in [-0.3, -0.25) is 0 Å². The highest BCUT2D eigenvalue weighted by atomic mass is 15.1. The molecule has 0 amide bonds. The minimum absolute atomic E-state index is 0.616. The van der Waals surface area contributed by atoms with E-state index in [0.717, 1.165) is 6.04 Å². The molecule has 0 aromatic carbocycles. The van der Waals surface area contributed by atoms with Crippen molar-refractivity contribution in [2.45, 2.75) is 57.7 Å². The van der Waals surface area contributed by atoms with Crippen LogP contribution in [0.3, 0.4) is 0 Å². The number of nitrogens with zero attached hydrogens (tertiary/aromatic N) is 1. The van der Waals surface area contributed by atoms with Crippen molar-refractivity contribution in [2.24, 2.45) is 0 Å².